The number of nitrogens with zero attached hydrogens (tertiary/aromatic N) is 2. The van der Waals surface area contributed by atoms with E-state index in [1.54, 1.807) is 7.11 Å². The predicted octanol–water partition coefficient (Wildman–Crippen LogP) is 0.476. The Morgan fingerprint density at radius 1 is 1.31 bits per heavy atom. The Kier molecular flexibility index (Phi) is 4.19. The van der Waals surface area contributed by atoms with E-state index in [-0.39, 0.29) is 6.17 Å². The third kappa shape index (κ3) is 2.56. The molecule has 0 aromatic rings. The third-order valence-electron chi connectivity index (χ3n) is 3.91. The largest absolute Gasteiger partial charge is 0.385 e. The van der Waals surface area contributed by atoms with Crippen LogP contribution in [0.25, 0.3) is 0 Å². The average Bonchev–Trinajstić information content (AvgIpc) is 2.52. The van der Waals surface area contributed by atoms with Crippen molar-refractivity contribution >= 4 is 0 Å². The summed E-state index contributed by atoms with van der Waals surface area (Å²) >= 11 is 0. The van der Waals surface area contributed by atoms with E-state index in [0.29, 0.717) is 12.1 Å². The minimum absolute atomic E-state index is 0.221. The topological polar surface area (TPSA) is 41.7 Å². The molecule has 3 atom stereocenters. The first kappa shape index (κ1) is 12.3. The Bertz CT molecular complexity index is 208. The monoisotopic (exact) mass is 227 g/mol. The molecule has 0 amide bonds. The summed E-state index contributed by atoms with van der Waals surface area (Å²) < 4.78 is 5.10. The van der Waals surface area contributed by atoms with Crippen molar-refractivity contribution in [3.8, 4) is 0 Å². The number of piperazine rings is 1. The normalized spacial score (nSPS) is 33.2. The van der Waals surface area contributed by atoms with Crippen molar-refractivity contribution in [1.29, 1.82) is 0 Å². The molecular weight excluding hydrogens is 202 g/mol. The minimum Gasteiger partial charge on any atom is -0.385 e. The van der Waals surface area contributed by atoms with Crippen LogP contribution in [0, 0.1) is 0 Å². The zero-order valence-electron chi connectivity index (χ0n) is 10.6. The Morgan fingerprint density at radius 2 is 1.94 bits per heavy atom. The fourth-order valence-corrected chi connectivity index (χ4v) is 3.30. The van der Waals surface area contributed by atoms with Gasteiger partial charge in [-0.1, -0.05) is 0 Å². The maximum Gasteiger partial charge on any atom is 0.0549 e. The minimum atomic E-state index is 0.221. The molecule has 2 saturated heterocycles. The van der Waals surface area contributed by atoms with Crippen LogP contribution in [0.2, 0.25) is 0 Å². The lowest BCUT2D eigenvalue weighted by Crippen LogP contribution is -2.58. The Morgan fingerprint density at radius 3 is 2.44 bits per heavy atom. The smallest absolute Gasteiger partial charge is 0.0549 e. The van der Waals surface area contributed by atoms with Crippen LogP contribution < -0.4 is 5.73 Å². The Balaban J connectivity index is 1.82. The maximum absolute atomic E-state index is 6.04. The van der Waals surface area contributed by atoms with Crippen molar-refractivity contribution in [2.75, 3.05) is 33.4 Å². The molecular formula is C12H25N3O. The van der Waals surface area contributed by atoms with Gasteiger partial charge in [-0.25, -0.2) is 0 Å². The van der Waals surface area contributed by atoms with Gasteiger partial charge in [-0.2, -0.15) is 0 Å². The van der Waals surface area contributed by atoms with Gasteiger partial charge in [-0.15, -0.1) is 0 Å². The highest BCUT2D eigenvalue weighted by molar-refractivity contribution is 4.96. The van der Waals surface area contributed by atoms with Crippen LogP contribution in [0.5, 0.6) is 0 Å². The summed E-state index contributed by atoms with van der Waals surface area (Å²) in [6.07, 6.45) is 4.02. The van der Waals surface area contributed by atoms with E-state index in [0.717, 1.165) is 13.0 Å². The molecule has 2 rings (SSSR count). The SMILES string of the molecule is COCCCN1CC2CCC(C1)N2C(C)N. The summed E-state index contributed by atoms with van der Waals surface area (Å²) in [5, 5.41) is 0. The van der Waals surface area contributed by atoms with Crippen molar-refractivity contribution in [1.82, 2.24) is 9.80 Å². The standard InChI is InChI=1S/C12H25N3O/c1-10(13)15-11-4-5-12(15)9-14(8-11)6-3-7-16-2/h10-12H,3-9,13H2,1-2H3. The molecule has 0 spiro atoms. The van der Waals surface area contributed by atoms with E-state index in [4.69, 9.17) is 10.5 Å². The number of hydrogen-bond acceptors (Lipinski definition) is 4. The van der Waals surface area contributed by atoms with Crippen LogP contribution in [-0.4, -0.2) is 61.4 Å². The summed E-state index contributed by atoms with van der Waals surface area (Å²) in [5.41, 5.74) is 6.04. The molecule has 4 heteroatoms. The number of fused-ring (bicyclic) bond motifs is 2. The highest BCUT2D eigenvalue weighted by atomic mass is 16.5. The van der Waals surface area contributed by atoms with Gasteiger partial charge >= 0.3 is 0 Å². The molecule has 0 aliphatic carbocycles. The van der Waals surface area contributed by atoms with E-state index in [2.05, 4.69) is 16.7 Å². The molecule has 0 aromatic heterocycles. The Labute approximate surface area is 98.7 Å². The number of rotatable bonds is 5. The molecule has 0 aromatic carbocycles. The van der Waals surface area contributed by atoms with Crippen LogP contribution >= 0.6 is 0 Å². The molecule has 4 nitrogen and oxygen atoms in total. The zero-order chi connectivity index (χ0) is 11.5. The molecule has 2 heterocycles. The predicted molar refractivity (Wildman–Crippen MR) is 65.2 cm³/mol. The Hall–Kier alpha value is -0.160. The van der Waals surface area contributed by atoms with Gasteiger partial charge in [0.05, 0.1) is 6.17 Å². The molecule has 2 bridgehead atoms. The van der Waals surface area contributed by atoms with Crippen LogP contribution in [0.4, 0.5) is 0 Å². The van der Waals surface area contributed by atoms with Gasteiger partial charge in [0, 0.05) is 45.4 Å². The molecule has 3 unspecified atom stereocenters. The van der Waals surface area contributed by atoms with Crippen molar-refractivity contribution in [3.05, 3.63) is 0 Å². The summed E-state index contributed by atoms with van der Waals surface area (Å²) in [7, 11) is 1.78. The summed E-state index contributed by atoms with van der Waals surface area (Å²) in [4.78, 5) is 5.10. The molecule has 2 fully saturated rings. The lowest BCUT2D eigenvalue weighted by molar-refractivity contribution is 0.0362. The molecule has 16 heavy (non-hydrogen) atoms. The van der Waals surface area contributed by atoms with Gasteiger partial charge in [0.2, 0.25) is 0 Å². The quantitative estimate of drug-likeness (QED) is 0.694. The molecule has 2 N–H and O–H groups in total. The first-order valence-electron chi connectivity index (χ1n) is 6.46. The van der Waals surface area contributed by atoms with Crippen LogP contribution in [-0.2, 0) is 4.74 Å². The molecule has 94 valence electrons. The van der Waals surface area contributed by atoms with Gasteiger partial charge in [0.1, 0.15) is 0 Å². The lowest BCUT2D eigenvalue weighted by atomic mass is 10.1. The van der Waals surface area contributed by atoms with Gasteiger partial charge in [-0.3, -0.25) is 4.90 Å². The maximum atomic E-state index is 6.04. The van der Waals surface area contributed by atoms with E-state index >= 15 is 0 Å². The second-order valence-corrected chi connectivity index (χ2v) is 5.18. The highest BCUT2D eigenvalue weighted by Gasteiger charge is 2.40. The number of methoxy groups -OCH3 is 1. The fourth-order valence-electron chi connectivity index (χ4n) is 3.30. The number of hydrogen-bond donors (Lipinski definition) is 1. The van der Waals surface area contributed by atoms with Gasteiger partial charge in [-0.05, 0) is 26.2 Å². The van der Waals surface area contributed by atoms with Gasteiger partial charge < -0.3 is 15.4 Å². The van der Waals surface area contributed by atoms with E-state index in [1.165, 1.54) is 32.5 Å². The molecule has 2 aliphatic heterocycles. The van der Waals surface area contributed by atoms with Crippen molar-refractivity contribution in [2.45, 2.75) is 44.4 Å². The molecule has 2 aliphatic rings. The van der Waals surface area contributed by atoms with Crippen LogP contribution in [0.15, 0.2) is 0 Å². The average molecular weight is 227 g/mol. The van der Waals surface area contributed by atoms with E-state index in [1.807, 2.05) is 0 Å². The second kappa shape index (κ2) is 5.45. The van der Waals surface area contributed by atoms with E-state index < -0.39 is 0 Å². The second-order valence-electron chi connectivity index (χ2n) is 5.18. The summed E-state index contributed by atoms with van der Waals surface area (Å²) in [6, 6.07) is 1.39. The molecule has 0 saturated carbocycles. The van der Waals surface area contributed by atoms with Gasteiger partial charge in [0.25, 0.3) is 0 Å². The van der Waals surface area contributed by atoms with Crippen molar-refractivity contribution in [3.63, 3.8) is 0 Å². The number of ether oxygens (including phenoxy) is 1. The number of likely N-dealkylation sites (tertiary alicyclic amines) is 1. The van der Waals surface area contributed by atoms with Crippen molar-refractivity contribution < 1.29 is 4.74 Å². The summed E-state index contributed by atoms with van der Waals surface area (Å²) in [6.45, 7) is 6.56. The fraction of sp³-hybridized carbons (Fsp3) is 1.00. The molecule has 0 radical (unpaired) electrons. The van der Waals surface area contributed by atoms with Crippen LogP contribution in [0.1, 0.15) is 26.2 Å². The first-order chi connectivity index (χ1) is 7.72. The lowest BCUT2D eigenvalue weighted by Gasteiger charge is -2.43. The zero-order valence-corrected chi connectivity index (χ0v) is 10.6. The summed E-state index contributed by atoms with van der Waals surface area (Å²) in [5.74, 6) is 0. The van der Waals surface area contributed by atoms with E-state index in [9.17, 15) is 0 Å². The third-order valence-corrected chi connectivity index (χ3v) is 3.91. The first-order valence-corrected chi connectivity index (χ1v) is 6.46. The van der Waals surface area contributed by atoms with Crippen LogP contribution in [0.3, 0.4) is 0 Å². The van der Waals surface area contributed by atoms with Crippen molar-refractivity contribution in [2.24, 2.45) is 5.73 Å². The number of nitrogens with two attached hydrogens (primary N) is 1. The van der Waals surface area contributed by atoms with Gasteiger partial charge in [0.15, 0.2) is 0 Å². The highest BCUT2D eigenvalue weighted by Crippen LogP contribution is 2.30.